The largest absolute Gasteiger partial charge is 0.158 e. The normalized spacial score (nSPS) is 12.4. The molecule has 98 valence electrons. The van der Waals surface area contributed by atoms with Crippen molar-refractivity contribution in [1.82, 2.24) is 0 Å². The summed E-state index contributed by atoms with van der Waals surface area (Å²) in [5.74, 6) is 4.76. The van der Waals surface area contributed by atoms with Crippen LogP contribution in [0.3, 0.4) is 0 Å². The number of hydrogen-bond donors (Lipinski definition) is 0. The molecular formula is C13H28S3. The first-order chi connectivity index (χ1) is 7.41. The zero-order valence-corrected chi connectivity index (χ0v) is 14.1. The first kappa shape index (κ1) is 17.1. The predicted molar refractivity (Wildman–Crippen MR) is 86.3 cm³/mol. The highest BCUT2D eigenvalue weighted by molar-refractivity contribution is 8.05. The molecule has 0 aromatic rings. The van der Waals surface area contributed by atoms with Gasteiger partial charge in [0.1, 0.15) is 0 Å². The second kappa shape index (κ2) is 10.0. The van der Waals surface area contributed by atoms with Gasteiger partial charge in [-0.1, -0.05) is 41.5 Å². The van der Waals surface area contributed by atoms with Gasteiger partial charge in [0.2, 0.25) is 0 Å². The third kappa shape index (κ3) is 11.5. The minimum atomic E-state index is 0.770. The second-order valence-electron chi connectivity index (χ2n) is 5.11. The Kier molecular flexibility index (Phi) is 10.7. The van der Waals surface area contributed by atoms with Crippen molar-refractivity contribution < 1.29 is 0 Å². The van der Waals surface area contributed by atoms with E-state index in [4.69, 9.17) is 0 Å². The van der Waals surface area contributed by atoms with E-state index >= 15 is 0 Å². The van der Waals surface area contributed by atoms with Crippen LogP contribution in [0.2, 0.25) is 0 Å². The summed E-state index contributed by atoms with van der Waals surface area (Å²) in [5.41, 5.74) is 0. The minimum Gasteiger partial charge on any atom is -0.158 e. The Morgan fingerprint density at radius 1 is 0.625 bits per heavy atom. The average Bonchev–Trinajstić information content (AvgIpc) is 2.15. The van der Waals surface area contributed by atoms with E-state index in [2.05, 4.69) is 76.8 Å². The van der Waals surface area contributed by atoms with Crippen molar-refractivity contribution >= 4 is 35.3 Å². The van der Waals surface area contributed by atoms with Crippen LogP contribution in [0.5, 0.6) is 0 Å². The molecule has 0 N–H and O–H groups in total. The van der Waals surface area contributed by atoms with Gasteiger partial charge < -0.3 is 0 Å². The molecule has 0 amide bonds. The summed E-state index contributed by atoms with van der Waals surface area (Å²) in [4.78, 5) is 0. The topological polar surface area (TPSA) is 0 Å². The SMILES string of the molecule is CC(C)CSC(CSC(C)C)CSC(C)C. The fourth-order valence-corrected chi connectivity index (χ4v) is 4.55. The highest BCUT2D eigenvalue weighted by Gasteiger charge is 2.12. The number of thioether (sulfide) groups is 3. The number of rotatable bonds is 9. The molecule has 0 saturated carbocycles. The standard InChI is InChI=1S/C13H28S3/c1-10(2)7-16-13(8-14-11(3)4)9-15-12(5)6/h10-13H,7-9H2,1-6H3. The van der Waals surface area contributed by atoms with Crippen LogP contribution >= 0.6 is 35.3 Å². The smallest absolute Gasteiger partial charge is 0.0229 e. The molecule has 0 rings (SSSR count). The molecular weight excluding hydrogens is 252 g/mol. The van der Waals surface area contributed by atoms with E-state index in [9.17, 15) is 0 Å². The van der Waals surface area contributed by atoms with E-state index in [1.807, 2.05) is 0 Å². The summed E-state index contributed by atoms with van der Waals surface area (Å²) in [5, 5.41) is 2.37. The summed E-state index contributed by atoms with van der Waals surface area (Å²) >= 11 is 6.39. The zero-order chi connectivity index (χ0) is 12.6. The summed E-state index contributed by atoms with van der Waals surface area (Å²) in [7, 11) is 0. The third-order valence-electron chi connectivity index (χ3n) is 1.90. The van der Waals surface area contributed by atoms with Crippen molar-refractivity contribution in [2.45, 2.75) is 57.3 Å². The van der Waals surface area contributed by atoms with Crippen molar-refractivity contribution in [1.29, 1.82) is 0 Å². The van der Waals surface area contributed by atoms with E-state index in [1.54, 1.807) is 0 Å². The van der Waals surface area contributed by atoms with E-state index in [0.29, 0.717) is 0 Å². The molecule has 0 unspecified atom stereocenters. The van der Waals surface area contributed by atoms with Crippen LogP contribution in [0.1, 0.15) is 41.5 Å². The Morgan fingerprint density at radius 3 is 1.38 bits per heavy atom. The maximum atomic E-state index is 2.31. The van der Waals surface area contributed by atoms with Crippen LogP contribution in [-0.2, 0) is 0 Å². The van der Waals surface area contributed by atoms with Crippen molar-refractivity contribution in [3.8, 4) is 0 Å². The van der Waals surface area contributed by atoms with Gasteiger partial charge in [-0.3, -0.25) is 0 Å². The van der Waals surface area contributed by atoms with Gasteiger partial charge in [-0.15, -0.1) is 0 Å². The van der Waals surface area contributed by atoms with Gasteiger partial charge in [-0.05, 0) is 22.2 Å². The van der Waals surface area contributed by atoms with Crippen LogP contribution < -0.4 is 0 Å². The lowest BCUT2D eigenvalue weighted by Crippen LogP contribution is -2.15. The first-order valence-corrected chi connectivity index (χ1v) is 9.41. The summed E-state index contributed by atoms with van der Waals surface area (Å²) in [6, 6.07) is 0. The molecule has 0 aromatic heterocycles. The lowest BCUT2D eigenvalue weighted by molar-refractivity contribution is 0.748. The van der Waals surface area contributed by atoms with Gasteiger partial charge >= 0.3 is 0 Å². The third-order valence-corrected chi connectivity index (χ3v) is 6.50. The molecule has 16 heavy (non-hydrogen) atoms. The fraction of sp³-hybridized carbons (Fsp3) is 1.00. The maximum absolute atomic E-state index is 2.31. The molecule has 0 aromatic carbocycles. The van der Waals surface area contributed by atoms with Gasteiger partial charge in [0.05, 0.1) is 0 Å². The lowest BCUT2D eigenvalue weighted by atomic mass is 10.3. The Labute approximate surface area is 115 Å². The highest BCUT2D eigenvalue weighted by atomic mass is 32.2. The molecule has 0 radical (unpaired) electrons. The zero-order valence-electron chi connectivity index (χ0n) is 11.7. The van der Waals surface area contributed by atoms with E-state index < -0.39 is 0 Å². The van der Waals surface area contributed by atoms with E-state index in [0.717, 1.165) is 21.7 Å². The fourth-order valence-electron chi connectivity index (χ4n) is 1.07. The molecule has 0 aliphatic carbocycles. The van der Waals surface area contributed by atoms with Gasteiger partial charge in [-0.25, -0.2) is 0 Å². The molecule has 0 aliphatic heterocycles. The Hall–Kier alpha value is 1.05. The van der Waals surface area contributed by atoms with Crippen molar-refractivity contribution in [3.63, 3.8) is 0 Å². The van der Waals surface area contributed by atoms with Crippen LogP contribution in [0.4, 0.5) is 0 Å². The van der Waals surface area contributed by atoms with Crippen molar-refractivity contribution in [3.05, 3.63) is 0 Å². The summed E-state index contributed by atoms with van der Waals surface area (Å²) in [6.45, 7) is 13.8. The lowest BCUT2D eigenvalue weighted by Gasteiger charge is -2.19. The van der Waals surface area contributed by atoms with Crippen LogP contribution in [0, 0.1) is 5.92 Å². The molecule has 0 atom stereocenters. The highest BCUT2D eigenvalue weighted by Crippen LogP contribution is 2.26. The summed E-state index contributed by atoms with van der Waals surface area (Å²) in [6.07, 6.45) is 0. The molecule has 0 spiro atoms. The molecule has 0 fully saturated rings. The van der Waals surface area contributed by atoms with Crippen LogP contribution in [0.25, 0.3) is 0 Å². The Bertz CT molecular complexity index is 127. The Morgan fingerprint density at radius 2 is 1.06 bits per heavy atom. The maximum Gasteiger partial charge on any atom is 0.0229 e. The molecule has 0 heterocycles. The molecule has 0 bridgehead atoms. The van der Waals surface area contributed by atoms with Gasteiger partial charge in [-0.2, -0.15) is 35.3 Å². The average molecular weight is 281 g/mol. The molecule has 0 aliphatic rings. The van der Waals surface area contributed by atoms with E-state index in [-0.39, 0.29) is 0 Å². The van der Waals surface area contributed by atoms with Gasteiger partial charge in [0.15, 0.2) is 0 Å². The van der Waals surface area contributed by atoms with E-state index in [1.165, 1.54) is 17.3 Å². The molecule has 0 saturated heterocycles. The summed E-state index contributed by atoms with van der Waals surface area (Å²) < 4.78 is 0. The predicted octanol–water partition coefficient (Wildman–Crippen LogP) is 5.03. The molecule has 0 nitrogen and oxygen atoms in total. The van der Waals surface area contributed by atoms with Crippen LogP contribution in [0.15, 0.2) is 0 Å². The molecule has 3 heteroatoms. The van der Waals surface area contributed by atoms with Gasteiger partial charge in [0.25, 0.3) is 0 Å². The minimum absolute atomic E-state index is 0.770. The second-order valence-corrected chi connectivity index (χ2v) is 9.67. The quantitative estimate of drug-likeness (QED) is 0.581. The number of hydrogen-bond acceptors (Lipinski definition) is 3. The van der Waals surface area contributed by atoms with Gasteiger partial charge in [0, 0.05) is 16.8 Å². The Balaban J connectivity index is 3.85. The monoisotopic (exact) mass is 280 g/mol. The van der Waals surface area contributed by atoms with Crippen molar-refractivity contribution in [2.24, 2.45) is 5.92 Å². The van der Waals surface area contributed by atoms with Crippen molar-refractivity contribution in [2.75, 3.05) is 17.3 Å². The van der Waals surface area contributed by atoms with Crippen LogP contribution in [-0.4, -0.2) is 33.0 Å². The first-order valence-electron chi connectivity index (χ1n) is 6.26.